The van der Waals surface area contributed by atoms with Crippen LogP contribution >= 0.6 is 0 Å². The second-order valence-electron chi connectivity index (χ2n) is 5.40. The highest BCUT2D eigenvalue weighted by Gasteiger charge is 2.18. The first-order chi connectivity index (χ1) is 8.65. The van der Waals surface area contributed by atoms with Gasteiger partial charge in [-0.1, -0.05) is 20.3 Å². The van der Waals surface area contributed by atoms with Gasteiger partial charge in [0, 0.05) is 25.0 Å². The van der Waals surface area contributed by atoms with Gasteiger partial charge in [0.25, 0.3) is 0 Å². The number of hydrogen-bond acceptors (Lipinski definition) is 3. The Morgan fingerprint density at radius 1 is 1.17 bits per heavy atom. The zero-order chi connectivity index (χ0) is 13.4. The van der Waals surface area contributed by atoms with Crippen molar-refractivity contribution >= 4 is 5.91 Å². The van der Waals surface area contributed by atoms with Crippen molar-refractivity contribution in [1.29, 1.82) is 0 Å². The molecule has 106 valence electrons. The molecule has 1 amide bonds. The fraction of sp³-hybridized carbons (Fsp3) is 0.929. The molecule has 4 heteroatoms. The molecule has 2 unspecified atom stereocenters. The van der Waals surface area contributed by atoms with Gasteiger partial charge in [-0.3, -0.25) is 9.69 Å². The van der Waals surface area contributed by atoms with Crippen molar-refractivity contribution in [1.82, 2.24) is 15.5 Å². The van der Waals surface area contributed by atoms with E-state index < -0.39 is 0 Å². The van der Waals surface area contributed by atoms with Crippen molar-refractivity contribution in [3.05, 3.63) is 0 Å². The molecule has 2 atom stereocenters. The van der Waals surface area contributed by atoms with E-state index in [1.807, 2.05) is 6.92 Å². The number of rotatable bonds is 7. The van der Waals surface area contributed by atoms with Crippen molar-refractivity contribution in [2.45, 2.75) is 46.1 Å². The molecule has 1 saturated heterocycles. The number of amides is 1. The number of carbonyl (C=O) groups excluding carboxylic acids is 1. The van der Waals surface area contributed by atoms with E-state index in [0.29, 0.717) is 6.04 Å². The average molecular weight is 255 g/mol. The highest BCUT2D eigenvalue weighted by atomic mass is 16.1. The van der Waals surface area contributed by atoms with Crippen LogP contribution in [0.4, 0.5) is 0 Å². The molecule has 1 rings (SSSR count). The molecule has 0 bridgehead atoms. The van der Waals surface area contributed by atoms with Crippen LogP contribution < -0.4 is 10.6 Å². The lowest BCUT2D eigenvalue weighted by molar-refractivity contribution is -0.124. The predicted molar refractivity (Wildman–Crippen MR) is 75.6 cm³/mol. The zero-order valence-corrected chi connectivity index (χ0v) is 12.2. The number of piperidine rings is 1. The lowest BCUT2D eigenvalue weighted by Crippen LogP contribution is -2.46. The Labute approximate surface area is 111 Å². The third kappa shape index (κ3) is 5.36. The molecular formula is C14H29N3O. The average Bonchev–Trinajstić information content (AvgIpc) is 2.42. The van der Waals surface area contributed by atoms with Crippen LogP contribution in [0.3, 0.4) is 0 Å². The zero-order valence-electron chi connectivity index (χ0n) is 12.2. The van der Waals surface area contributed by atoms with Crippen LogP contribution in [0.1, 0.15) is 40.0 Å². The Hall–Kier alpha value is -0.610. The fourth-order valence-electron chi connectivity index (χ4n) is 2.36. The van der Waals surface area contributed by atoms with Gasteiger partial charge in [-0.15, -0.1) is 0 Å². The first-order valence-electron chi connectivity index (χ1n) is 7.37. The van der Waals surface area contributed by atoms with E-state index in [9.17, 15) is 4.79 Å². The maximum atomic E-state index is 11.9. The highest BCUT2D eigenvalue weighted by Crippen LogP contribution is 2.11. The second-order valence-corrected chi connectivity index (χ2v) is 5.40. The van der Waals surface area contributed by atoms with Crippen LogP contribution in [0.2, 0.25) is 0 Å². The van der Waals surface area contributed by atoms with E-state index in [1.54, 1.807) is 0 Å². The lowest BCUT2D eigenvalue weighted by Gasteiger charge is -2.32. The van der Waals surface area contributed by atoms with Crippen molar-refractivity contribution in [3.63, 3.8) is 0 Å². The quantitative estimate of drug-likeness (QED) is 0.719. The molecule has 0 aromatic rings. The van der Waals surface area contributed by atoms with Gasteiger partial charge < -0.3 is 10.6 Å². The van der Waals surface area contributed by atoms with E-state index in [4.69, 9.17) is 0 Å². The van der Waals surface area contributed by atoms with E-state index >= 15 is 0 Å². The third-order valence-corrected chi connectivity index (χ3v) is 3.73. The monoisotopic (exact) mass is 255 g/mol. The molecule has 1 heterocycles. The molecule has 1 aliphatic heterocycles. The number of nitrogens with one attached hydrogen (secondary N) is 2. The van der Waals surface area contributed by atoms with Gasteiger partial charge in [-0.05, 0) is 39.4 Å². The summed E-state index contributed by atoms with van der Waals surface area (Å²) in [5.41, 5.74) is 0. The summed E-state index contributed by atoms with van der Waals surface area (Å²) < 4.78 is 0. The molecule has 1 aliphatic rings. The smallest absolute Gasteiger partial charge is 0.224 e. The van der Waals surface area contributed by atoms with Gasteiger partial charge >= 0.3 is 0 Å². The van der Waals surface area contributed by atoms with E-state index in [1.165, 1.54) is 32.4 Å². The molecule has 0 saturated carbocycles. The molecule has 0 spiro atoms. The summed E-state index contributed by atoms with van der Waals surface area (Å²) in [6.07, 6.45) is 3.96. The SMILES string of the molecule is CCNCC(C)C(=O)NCC(C)N1CCCCC1. The minimum Gasteiger partial charge on any atom is -0.354 e. The Kier molecular flexibility index (Phi) is 7.28. The molecule has 0 aliphatic carbocycles. The van der Waals surface area contributed by atoms with Gasteiger partial charge in [-0.2, -0.15) is 0 Å². The van der Waals surface area contributed by atoms with Crippen LogP contribution in [-0.4, -0.2) is 49.6 Å². The molecule has 2 N–H and O–H groups in total. The van der Waals surface area contributed by atoms with Crippen molar-refractivity contribution in [3.8, 4) is 0 Å². The summed E-state index contributed by atoms with van der Waals surface area (Å²) in [5.74, 6) is 0.221. The first kappa shape index (κ1) is 15.4. The largest absolute Gasteiger partial charge is 0.354 e. The number of nitrogens with zero attached hydrogens (tertiary/aromatic N) is 1. The van der Waals surface area contributed by atoms with Gasteiger partial charge in [0.05, 0.1) is 0 Å². The minimum absolute atomic E-state index is 0.0542. The maximum Gasteiger partial charge on any atom is 0.224 e. The van der Waals surface area contributed by atoms with Gasteiger partial charge in [0.2, 0.25) is 5.91 Å². The fourth-order valence-corrected chi connectivity index (χ4v) is 2.36. The van der Waals surface area contributed by atoms with E-state index in [-0.39, 0.29) is 11.8 Å². The molecule has 4 nitrogen and oxygen atoms in total. The van der Waals surface area contributed by atoms with E-state index in [0.717, 1.165) is 19.6 Å². The first-order valence-corrected chi connectivity index (χ1v) is 7.37. The molecule has 1 fully saturated rings. The summed E-state index contributed by atoms with van der Waals surface area (Å²) in [4.78, 5) is 14.4. The molecule has 18 heavy (non-hydrogen) atoms. The number of carbonyl (C=O) groups is 1. The number of likely N-dealkylation sites (tertiary alicyclic amines) is 1. The standard InChI is InChI=1S/C14H29N3O/c1-4-15-10-12(2)14(18)16-11-13(3)17-8-6-5-7-9-17/h12-13,15H,4-11H2,1-3H3,(H,16,18). The van der Waals surface area contributed by atoms with E-state index in [2.05, 4.69) is 29.4 Å². The Morgan fingerprint density at radius 2 is 1.83 bits per heavy atom. The van der Waals surface area contributed by atoms with Crippen LogP contribution in [-0.2, 0) is 4.79 Å². The van der Waals surface area contributed by atoms with Crippen LogP contribution in [0, 0.1) is 5.92 Å². The predicted octanol–water partition coefficient (Wildman–Crippen LogP) is 1.22. The second kappa shape index (κ2) is 8.48. The van der Waals surface area contributed by atoms with Crippen LogP contribution in [0.15, 0.2) is 0 Å². The summed E-state index contributed by atoms with van der Waals surface area (Å²) in [6, 6.07) is 0.459. The highest BCUT2D eigenvalue weighted by molar-refractivity contribution is 5.78. The molecule has 0 aromatic carbocycles. The Balaban J connectivity index is 2.20. The Morgan fingerprint density at radius 3 is 2.44 bits per heavy atom. The summed E-state index contributed by atoms with van der Waals surface area (Å²) in [7, 11) is 0. The van der Waals surface area contributed by atoms with Gasteiger partial charge in [0.1, 0.15) is 0 Å². The normalized spacial score (nSPS) is 20.4. The van der Waals surface area contributed by atoms with Crippen molar-refractivity contribution in [2.75, 3.05) is 32.7 Å². The van der Waals surface area contributed by atoms with Crippen LogP contribution in [0.25, 0.3) is 0 Å². The lowest BCUT2D eigenvalue weighted by atomic mass is 10.1. The molecule has 0 aromatic heterocycles. The summed E-state index contributed by atoms with van der Waals surface area (Å²) >= 11 is 0. The topological polar surface area (TPSA) is 44.4 Å². The summed E-state index contributed by atoms with van der Waals surface area (Å²) in [5, 5.41) is 6.28. The summed E-state index contributed by atoms with van der Waals surface area (Å²) in [6.45, 7) is 11.1. The molecule has 0 radical (unpaired) electrons. The maximum absolute atomic E-state index is 11.9. The van der Waals surface area contributed by atoms with Crippen molar-refractivity contribution < 1.29 is 4.79 Å². The number of hydrogen-bond donors (Lipinski definition) is 2. The minimum atomic E-state index is 0.0542. The van der Waals surface area contributed by atoms with Crippen molar-refractivity contribution in [2.24, 2.45) is 5.92 Å². The van der Waals surface area contributed by atoms with Gasteiger partial charge in [0.15, 0.2) is 0 Å². The van der Waals surface area contributed by atoms with Gasteiger partial charge in [-0.25, -0.2) is 0 Å². The Bertz CT molecular complexity index is 239. The third-order valence-electron chi connectivity index (χ3n) is 3.73. The molecular weight excluding hydrogens is 226 g/mol. The van der Waals surface area contributed by atoms with Crippen LogP contribution in [0.5, 0.6) is 0 Å².